The van der Waals surface area contributed by atoms with E-state index in [1.165, 1.54) is 32.1 Å². The quantitative estimate of drug-likeness (QED) is 0.661. The number of rotatable bonds is 3. The predicted octanol–water partition coefficient (Wildman–Crippen LogP) is 4.21. The van der Waals surface area contributed by atoms with Gasteiger partial charge in [-0.2, -0.15) is 0 Å². The zero-order valence-corrected chi connectivity index (χ0v) is 10.1. The van der Waals surface area contributed by atoms with Crippen LogP contribution in [-0.2, 0) is 0 Å². The predicted molar refractivity (Wildman–Crippen MR) is 59.2 cm³/mol. The first-order valence-electron chi connectivity index (χ1n) is 4.92. The number of halogens is 2. The van der Waals surface area contributed by atoms with Gasteiger partial charge in [-0.15, -0.1) is 11.6 Å². The van der Waals surface area contributed by atoms with Gasteiger partial charge in [-0.25, -0.2) is 0 Å². The van der Waals surface area contributed by atoms with Gasteiger partial charge in [0, 0.05) is 10.7 Å². The summed E-state index contributed by atoms with van der Waals surface area (Å²) in [7, 11) is 0. The van der Waals surface area contributed by atoms with Gasteiger partial charge in [0.2, 0.25) is 0 Å². The monoisotopic (exact) mass is 252 g/mol. The maximum Gasteiger partial charge on any atom is 0.0336 e. The summed E-state index contributed by atoms with van der Waals surface area (Å²) in [6.45, 7) is 2.32. The van der Waals surface area contributed by atoms with Gasteiger partial charge in [0.15, 0.2) is 0 Å². The van der Waals surface area contributed by atoms with Crippen LogP contribution in [0.5, 0.6) is 0 Å². The second-order valence-electron chi connectivity index (χ2n) is 4.11. The Kier molecular flexibility index (Phi) is 4.96. The second kappa shape index (κ2) is 5.49. The Bertz CT molecular complexity index is 119. The normalized spacial score (nSPS) is 33.2. The molecular weight excluding hydrogens is 235 g/mol. The van der Waals surface area contributed by atoms with E-state index >= 15 is 0 Å². The molecule has 1 saturated carbocycles. The van der Waals surface area contributed by atoms with E-state index in [0.29, 0.717) is 5.38 Å². The molecular formula is C10H18BrCl. The minimum absolute atomic E-state index is 0.473. The van der Waals surface area contributed by atoms with Gasteiger partial charge >= 0.3 is 0 Å². The molecule has 0 spiro atoms. The van der Waals surface area contributed by atoms with Crippen LogP contribution in [0.25, 0.3) is 0 Å². The van der Waals surface area contributed by atoms with E-state index in [0.717, 1.165) is 17.2 Å². The van der Waals surface area contributed by atoms with E-state index in [-0.39, 0.29) is 0 Å². The summed E-state index contributed by atoms with van der Waals surface area (Å²) < 4.78 is 0. The highest BCUT2D eigenvalue weighted by atomic mass is 79.9. The van der Waals surface area contributed by atoms with E-state index in [1.54, 1.807) is 0 Å². The van der Waals surface area contributed by atoms with Crippen molar-refractivity contribution in [3.05, 3.63) is 0 Å². The summed E-state index contributed by atoms with van der Waals surface area (Å²) in [4.78, 5) is 0. The van der Waals surface area contributed by atoms with Gasteiger partial charge in [-0.05, 0) is 43.9 Å². The fourth-order valence-corrected chi connectivity index (χ4v) is 2.51. The topological polar surface area (TPSA) is 0 Å². The fourth-order valence-electron chi connectivity index (χ4n) is 1.99. The zero-order chi connectivity index (χ0) is 8.97. The lowest BCUT2D eigenvalue weighted by molar-refractivity contribution is 0.310. The van der Waals surface area contributed by atoms with E-state index in [2.05, 4.69) is 22.9 Å². The smallest absolute Gasteiger partial charge is 0.0336 e. The zero-order valence-electron chi connectivity index (χ0n) is 7.73. The first-order valence-corrected chi connectivity index (χ1v) is 6.48. The average Bonchev–Trinajstić information content (AvgIpc) is 2.09. The summed E-state index contributed by atoms with van der Waals surface area (Å²) in [6, 6.07) is 0. The Labute approximate surface area is 89.2 Å². The largest absolute Gasteiger partial charge is 0.123 e. The maximum atomic E-state index is 6.04. The van der Waals surface area contributed by atoms with Crippen LogP contribution in [0.4, 0.5) is 0 Å². The molecule has 0 bridgehead atoms. The first-order chi connectivity index (χ1) is 5.72. The van der Waals surface area contributed by atoms with Crippen molar-refractivity contribution in [1.82, 2.24) is 0 Å². The van der Waals surface area contributed by atoms with Crippen LogP contribution < -0.4 is 0 Å². The van der Waals surface area contributed by atoms with Gasteiger partial charge in [0.25, 0.3) is 0 Å². The Morgan fingerprint density at radius 3 is 2.42 bits per heavy atom. The molecule has 1 fully saturated rings. The molecule has 0 saturated heterocycles. The van der Waals surface area contributed by atoms with E-state index in [4.69, 9.17) is 11.6 Å². The van der Waals surface area contributed by atoms with Crippen molar-refractivity contribution >= 4 is 27.5 Å². The van der Waals surface area contributed by atoms with Crippen molar-refractivity contribution < 1.29 is 0 Å². The van der Waals surface area contributed by atoms with Gasteiger partial charge in [0.1, 0.15) is 0 Å². The molecule has 1 aliphatic carbocycles. The van der Waals surface area contributed by atoms with Crippen LogP contribution in [0.2, 0.25) is 0 Å². The number of hydrogen-bond acceptors (Lipinski definition) is 0. The number of alkyl halides is 2. The first kappa shape index (κ1) is 10.8. The van der Waals surface area contributed by atoms with Gasteiger partial charge < -0.3 is 0 Å². The van der Waals surface area contributed by atoms with Crippen LogP contribution in [0.1, 0.15) is 39.0 Å². The highest BCUT2D eigenvalue weighted by molar-refractivity contribution is 9.09. The van der Waals surface area contributed by atoms with Crippen LogP contribution in [0.3, 0.4) is 0 Å². The standard InChI is InChI=1S/C10H18BrCl/c1-8(7-11)6-9-2-4-10(12)5-3-9/h8-10H,2-7H2,1H3. The molecule has 0 aromatic carbocycles. The molecule has 0 aliphatic heterocycles. The third-order valence-electron chi connectivity index (χ3n) is 2.78. The average molecular weight is 254 g/mol. The molecule has 0 nitrogen and oxygen atoms in total. The van der Waals surface area contributed by atoms with Crippen LogP contribution in [-0.4, -0.2) is 10.7 Å². The van der Waals surface area contributed by atoms with Crippen LogP contribution >= 0.6 is 27.5 Å². The second-order valence-corrected chi connectivity index (χ2v) is 5.38. The van der Waals surface area contributed by atoms with E-state index in [1.807, 2.05) is 0 Å². The highest BCUT2D eigenvalue weighted by Gasteiger charge is 2.20. The SMILES string of the molecule is CC(CBr)CC1CCC(Cl)CC1. The van der Waals surface area contributed by atoms with Crippen molar-refractivity contribution in [2.75, 3.05) is 5.33 Å². The molecule has 0 N–H and O–H groups in total. The van der Waals surface area contributed by atoms with Crippen LogP contribution in [0.15, 0.2) is 0 Å². The maximum absolute atomic E-state index is 6.04. The lowest BCUT2D eigenvalue weighted by Gasteiger charge is -2.26. The molecule has 1 atom stereocenters. The lowest BCUT2D eigenvalue weighted by Crippen LogP contribution is -2.16. The third-order valence-corrected chi connectivity index (χ3v) is 4.32. The molecule has 0 aromatic heterocycles. The Hall–Kier alpha value is 0.770. The third kappa shape index (κ3) is 3.66. The molecule has 1 aliphatic rings. The molecule has 72 valence electrons. The van der Waals surface area contributed by atoms with E-state index < -0.39 is 0 Å². The summed E-state index contributed by atoms with van der Waals surface area (Å²) in [5, 5.41) is 1.62. The van der Waals surface area contributed by atoms with Crippen molar-refractivity contribution in [2.45, 2.75) is 44.4 Å². The summed E-state index contributed by atoms with van der Waals surface area (Å²) in [5.74, 6) is 1.79. The molecule has 2 heteroatoms. The fraction of sp³-hybridized carbons (Fsp3) is 1.00. The Balaban J connectivity index is 2.17. The lowest BCUT2D eigenvalue weighted by atomic mass is 9.83. The summed E-state index contributed by atoms with van der Waals surface area (Å²) in [5.41, 5.74) is 0. The Morgan fingerprint density at radius 2 is 1.92 bits per heavy atom. The van der Waals surface area contributed by atoms with Gasteiger partial charge in [-0.1, -0.05) is 22.9 Å². The van der Waals surface area contributed by atoms with Gasteiger partial charge in [0.05, 0.1) is 0 Å². The molecule has 0 heterocycles. The minimum Gasteiger partial charge on any atom is -0.123 e. The van der Waals surface area contributed by atoms with Crippen LogP contribution in [0, 0.1) is 11.8 Å². The molecule has 1 rings (SSSR count). The van der Waals surface area contributed by atoms with E-state index in [9.17, 15) is 0 Å². The molecule has 1 unspecified atom stereocenters. The van der Waals surface area contributed by atoms with Crippen molar-refractivity contribution in [3.63, 3.8) is 0 Å². The Morgan fingerprint density at radius 1 is 1.33 bits per heavy atom. The molecule has 12 heavy (non-hydrogen) atoms. The summed E-state index contributed by atoms with van der Waals surface area (Å²) >= 11 is 9.57. The molecule has 0 radical (unpaired) electrons. The summed E-state index contributed by atoms with van der Waals surface area (Å²) in [6.07, 6.45) is 6.56. The highest BCUT2D eigenvalue weighted by Crippen LogP contribution is 2.31. The van der Waals surface area contributed by atoms with Crippen molar-refractivity contribution in [3.8, 4) is 0 Å². The number of hydrogen-bond donors (Lipinski definition) is 0. The molecule has 0 aromatic rings. The minimum atomic E-state index is 0.473. The van der Waals surface area contributed by atoms with Crippen molar-refractivity contribution in [2.24, 2.45) is 11.8 Å². The van der Waals surface area contributed by atoms with Gasteiger partial charge in [-0.3, -0.25) is 0 Å². The molecule has 0 amide bonds. The van der Waals surface area contributed by atoms with Crippen molar-refractivity contribution in [1.29, 1.82) is 0 Å².